The molecule has 1 unspecified atom stereocenters. The zero-order chi connectivity index (χ0) is 15.2. The van der Waals surface area contributed by atoms with Gasteiger partial charge in [0.2, 0.25) is 0 Å². The van der Waals surface area contributed by atoms with E-state index in [9.17, 15) is 0 Å². The second-order valence-corrected chi connectivity index (χ2v) is 6.13. The smallest absolute Gasteiger partial charge is 0.123 e. The van der Waals surface area contributed by atoms with Gasteiger partial charge in [-0.25, -0.2) is 0 Å². The topological polar surface area (TPSA) is 33.3 Å². The molecule has 1 aliphatic carbocycles. The van der Waals surface area contributed by atoms with E-state index in [0.717, 1.165) is 25.3 Å². The number of para-hydroxylation sites is 1. The second kappa shape index (κ2) is 7.61. The molecular formula is C19H26N2O. The fourth-order valence-corrected chi connectivity index (χ4v) is 3.55. The van der Waals surface area contributed by atoms with Crippen LogP contribution in [0.4, 0.5) is 0 Å². The molecule has 2 N–H and O–H groups in total. The molecule has 3 heteroatoms. The monoisotopic (exact) mass is 298 g/mol. The number of piperidine rings is 1. The number of ether oxygens (including phenoxy) is 1. The molecule has 3 nitrogen and oxygen atoms in total. The van der Waals surface area contributed by atoms with Gasteiger partial charge in [-0.3, -0.25) is 0 Å². The van der Waals surface area contributed by atoms with Crippen molar-refractivity contribution in [2.24, 2.45) is 5.92 Å². The molecule has 1 fully saturated rings. The number of hydrogen-bond donors (Lipinski definition) is 2. The fourth-order valence-electron chi connectivity index (χ4n) is 3.55. The summed E-state index contributed by atoms with van der Waals surface area (Å²) in [6.45, 7) is 1.99. The highest BCUT2D eigenvalue weighted by molar-refractivity contribution is 5.33. The molecule has 0 bridgehead atoms. The zero-order valence-corrected chi connectivity index (χ0v) is 13.3. The van der Waals surface area contributed by atoms with Gasteiger partial charge in [0.05, 0.1) is 7.11 Å². The van der Waals surface area contributed by atoms with Crippen LogP contribution in [-0.2, 0) is 6.54 Å². The minimum absolute atomic E-state index is 0.514. The molecule has 1 aromatic rings. The highest BCUT2D eigenvalue weighted by Gasteiger charge is 2.29. The first-order valence-corrected chi connectivity index (χ1v) is 8.30. The average Bonchev–Trinajstić information content (AvgIpc) is 2.61. The van der Waals surface area contributed by atoms with Crippen LogP contribution in [0.1, 0.15) is 24.8 Å². The van der Waals surface area contributed by atoms with Crippen LogP contribution in [-0.4, -0.2) is 25.7 Å². The van der Waals surface area contributed by atoms with Crippen molar-refractivity contribution >= 4 is 0 Å². The molecule has 0 amide bonds. The van der Waals surface area contributed by atoms with Crippen molar-refractivity contribution in [1.29, 1.82) is 0 Å². The third-order valence-corrected chi connectivity index (χ3v) is 4.73. The van der Waals surface area contributed by atoms with E-state index < -0.39 is 0 Å². The van der Waals surface area contributed by atoms with E-state index in [1.807, 2.05) is 12.1 Å². The van der Waals surface area contributed by atoms with Gasteiger partial charge < -0.3 is 15.4 Å². The van der Waals surface area contributed by atoms with Crippen LogP contribution < -0.4 is 15.4 Å². The maximum Gasteiger partial charge on any atom is 0.123 e. The van der Waals surface area contributed by atoms with Crippen molar-refractivity contribution in [3.05, 3.63) is 54.1 Å². The van der Waals surface area contributed by atoms with Crippen molar-refractivity contribution in [3.8, 4) is 5.75 Å². The minimum Gasteiger partial charge on any atom is -0.496 e. The maximum atomic E-state index is 5.45. The van der Waals surface area contributed by atoms with Crippen molar-refractivity contribution in [2.75, 3.05) is 13.7 Å². The summed E-state index contributed by atoms with van der Waals surface area (Å²) in [5.41, 5.74) is 1.23. The molecule has 1 saturated heterocycles. The second-order valence-electron chi connectivity index (χ2n) is 6.13. The lowest BCUT2D eigenvalue weighted by Crippen LogP contribution is -2.54. The Hall–Kier alpha value is -1.58. The lowest BCUT2D eigenvalue weighted by molar-refractivity contribution is 0.252. The molecular weight excluding hydrogens is 272 g/mol. The van der Waals surface area contributed by atoms with E-state index in [0.29, 0.717) is 18.0 Å². The van der Waals surface area contributed by atoms with E-state index in [2.05, 4.69) is 47.1 Å². The van der Waals surface area contributed by atoms with Crippen LogP contribution >= 0.6 is 0 Å². The Labute approximate surface area is 133 Å². The summed E-state index contributed by atoms with van der Waals surface area (Å²) in [5, 5.41) is 7.48. The average molecular weight is 298 g/mol. The van der Waals surface area contributed by atoms with Gasteiger partial charge in [-0.05, 0) is 37.8 Å². The Morgan fingerprint density at radius 2 is 2.18 bits per heavy atom. The van der Waals surface area contributed by atoms with Crippen LogP contribution in [0.15, 0.2) is 48.6 Å². The third kappa shape index (κ3) is 3.60. The SMILES string of the molecule is COc1ccccc1CN[C@H]1CCCN[C@H]1C1C=CC=CC1. The Morgan fingerprint density at radius 1 is 1.27 bits per heavy atom. The first-order chi connectivity index (χ1) is 10.9. The Morgan fingerprint density at radius 3 is 3.00 bits per heavy atom. The summed E-state index contributed by atoms with van der Waals surface area (Å²) in [5.74, 6) is 1.57. The van der Waals surface area contributed by atoms with E-state index in [1.165, 1.54) is 18.4 Å². The standard InChI is InChI=1S/C19H26N2O/c1-22-18-12-6-5-10-16(18)14-21-17-11-7-13-20-19(17)15-8-3-2-4-9-15/h2-6,8,10,12,15,17,19-21H,7,9,11,13-14H2,1H3/t15?,17-,19-/m0/s1. The summed E-state index contributed by atoms with van der Waals surface area (Å²) in [6.07, 6.45) is 12.6. The molecule has 1 aliphatic heterocycles. The number of benzene rings is 1. The van der Waals surface area contributed by atoms with Crippen LogP contribution in [0.3, 0.4) is 0 Å². The molecule has 1 heterocycles. The van der Waals surface area contributed by atoms with Gasteiger partial charge in [-0.2, -0.15) is 0 Å². The number of nitrogens with one attached hydrogen (secondary N) is 2. The normalized spacial score (nSPS) is 27.8. The van der Waals surface area contributed by atoms with E-state index in [4.69, 9.17) is 4.74 Å². The van der Waals surface area contributed by atoms with Crippen molar-refractivity contribution in [2.45, 2.75) is 37.9 Å². The molecule has 1 aromatic carbocycles. The van der Waals surface area contributed by atoms with Crippen LogP contribution in [0.5, 0.6) is 5.75 Å². The van der Waals surface area contributed by atoms with E-state index in [-0.39, 0.29) is 0 Å². The van der Waals surface area contributed by atoms with Crippen molar-refractivity contribution in [3.63, 3.8) is 0 Å². The summed E-state index contributed by atoms with van der Waals surface area (Å²) in [7, 11) is 1.74. The predicted octanol–water partition coefficient (Wildman–Crippen LogP) is 3.04. The third-order valence-electron chi connectivity index (χ3n) is 4.73. The van der Waals surface area contributed by atoms with Gasteiger partial charge >= 0.3 is 0 Å². The molecule has 2 aliphatic rings. The highest BCUT2D eigenvalue weighted by Crippen LogP contribution is 2.24. The minimum atomic E-state index is 0.514. The number of hydrogen-bond acceptors (Lipinski definition) is 3. The first kappa shape index (κ1) is 15.3. The predicted molar refractivity (Wildman–Crippen MR) is 91.0 cm³/mol. The van der Waals surface area contributed by atoms with Gasteiger partial charge in [-0.15, -0.1) is 0 Å². The van der Waals surface area contributed by atoms with Crippen molar-refractivity contribution < 1.29 is 4.74 Å². The molecule has 0 saturated carbocycles. The summed E-state index contributed by atoms with van der Waals surface area (Å²) < 4.78 is 5.45. The Bertz CT molecular complexity index is 538. The molecule has 3 rings (SSSR count). The lowest BCUT2D eigenvalue weighted by Gasteiger charge is -2.38. The number of rotatable bonds is 5. The van der Waals surface area contributed by atoms with E-state index in [1.54, 1.807) is 7.11 Å². The lowest BCUT2D eigenvalue weighted by atomic mass is 9.84. The van der Waals surface area contributed by atoms with E-state index >= 15 is 0 Å². The van der Waals surface area contributed by atoms with Crippen molar-refractivity contribution in [1.82, 2.24) is 10.6 Å². The fraction of sp³-hybridized carbons (Fsp3) is 0.474. The zero-order valence-electron chi connectivity index (χ0n) is 13.3. The maximum absolute atomic E-state index is 5.45. The largest absolute Gasteiger partial charge is 0.496 e. The van der Waals surface area contributed by atoms with Gasteiger partial charge in [0.15, 0.2) is 0 Å². The molecule has 0 spiro atoms. The highest BCUT2D eigenvalue weighted by atomic mass is 16.5. The van der Waals surface area contributed by atoms with Crippen LogP contribution in [0.25, 0.3) is 0 Å². The van der Waals surface area contributed by atoms with Crippen LogP contribution in [0, 0.1) is 5.92 Å². The summed E-state index contributed by atoms with van der Waals surface area (Å²) >= 11 is 0. The Balaban J connectivity index is 1.64. The summed E-state index contributed by atoms with van der Waals surface area (Å²) in [4.78, 5) is 0. The van der Waals surface area contributed by atoms with Gasteiger partial charge in [-0.1, -0.05) is 42.5 Å². The number of methoxy groups -OCH3 is 1. The molecule has 3 atom stereocenters. The quantitative estimate of drug-likeness (QED) is 0.876. The van der Waals surface area contributed by atoms with Gasteiger partial charge in [0, 0.05) is 24.2 Å². The number of allylic oxidation sites excluding steroid dienone is 3. The summed E-state index contributed by atoms with van der Waals surface area (Å²) in [6, 6.07) is 9.30. The molecule has 118 valence electrons. The van der Waals surface area contributed by atoms with Gasteiger partial charge in [0.25, 0.3) is 0 Å². The molecule has 0 radical (unpaired) electrons. The first-order valence-electron chi connectivity index (χ1n) is 8.30. The molecule has 0 aromatic heterocycles. The molecule has 22 heavy (non-hydrogen) atoms. The van der Waals surface area contributed by atoms with Crippen LogP contribution in [0.2, 0.25) is 0 Å². The Kier molecular flexibility index (Phi) is 5.30. The van der Waals surface area contributed by atoms with Gasteiger partial charge in [0.1, 0.15) is 5.75 Å².